The van der Waals surface area contributed by atoms with Crippen molar-refractivity contribution in [2.24, 2.45) is 13.0 Å². The lowest BCUT2D eigenvalue weighted by Crippen LogP contribution is -2.52. The van der Waals surface area contributed by atoms with Crippen molar-refractivity contribution in [3.05, 3.63) is 82.9 Å². The van der Waals surface area contributed by atoms with Crippen LogP contribution in [0.3, 0.4) is 0 Å². The van der Waals surface area contributed by atoms with Gasteiger partial charge in [0.2, 0.25) is 23.6 Å². The monoisotopic (exact) mass is 917 g/mol. The van der Waals surface area contributed by atoms with E-state index in [1.807, 2.05) is 34.1 Å². The summed E-state index contributed by atoms with van der Waals surface area (Å²) in [5.41, 5.74) is 5.86. The second-order valence-corrected chi connectivity index (χ2v) is 18.5. The fraction of sp³-hybridized carbons (Fsp3) is 0.469. The number of nitrogens with zero attached hydrogens (tertiary/aromatic N) is 7. The SMILES string of the molecule is CC(=O)N1CCC(NC2CCN(C(=O)CC3CCN(c4ccc(C(=O)NC5CCC(=O)NC5=O)c5ncccc45)CC3)CC2)=C(C(=N)N2CCCc3cc(-c4cnn(C)c4)c(C(F)F)cc32)C1. The second kappa shape index (κ2) is 19.2. The molecule has 7 heterocycles. The van der Waals surface area contributed by atoms with Crippen molar-refractivity contribution in [3.8, 4) is 11.1 Å². The maximum Gasteiger partial charge on any atom is 0.264 e. The summed E-state index contributed by atoms with van der Waals surface area (Å²) in [6, 6.07) is 10.0. The Balaban J connectivity index is 0.813. The van der Waals surface area contributed by atoms with Crippen LogP contribution in [0.5, 0.6) is 0 Å². The molecule has 67 heavy (non-hydrogen) atoms. The molecule has 2 aromatic heterocycles. The summed E-state index contributed by atoms with van der Waals surface area (Å²) in [5, 5.41) is 23.4. The topological polar surface area (TPSA) is 189 Å². The van der Waals surface area contributed by atoms with Crippen LogP contribution in [0.4, 0.5) is 20.2 Å². The van der Waals surface area contributed by atoms with Crippen molar-refractivity contribution in [1.82, 2.24) is 40.5 Å². The van der Waals surface area contributed by atoms with E-state index in [2.05, 4.69) is 30.9 Å². The van der Waals surface area contributed by atoms with Gasteiger partial charge in [-0.2, -0.15) is 5.10 Å². The quantitative estimate of drug-likeness (QED) is 0.0932. The lowest BCUT2D eigenvalue weighted by molar-refractivity contribution is -0.135. The van der Waals surface area contributed by atoms with Crippen molar-refractivity contribution in [2.45, 2.75) is 89.6 Å². The average molecular weight is 918 g/mol. The Hall–Kier alpha value is -6.72. The third kappa shape index (κ3) is 9.61. The van der Waals surface area contributed by atoms with Gasteiger partial charge >= 0.3 is 0 Å². The molecule has 18 heteroatoms. The van der Waals surface area contributed by atoms with Gasteiger partial charge in [0.1, 0.15) is 11.9 Å². The van der Waals surface area contributed by atoms with E-state index in [0.717, 1.165) is 67.5 Å². The molecule has 4 N–H and O–H groups in total. The fourth-order valence-corrected chi connectivity index (χ4v) is 10.4. The van der Waals surface area contributed by atoms with E-state index in [-0.39, 0.29) is 60.5 Å². The molecule has 5 amide bonds. The number of aryl methyl sites for hydroxylation is 2. The van der Waals surface area contributed by atoms with Crippen molar-refractivity contribution in [2.75, 3.05) is 55.6 Å². The third-order valence-corrected chi connectivity index (χ3v) is 14.1. The van der Waals surface area contributed by atoms with Crippen LogP contribution in [0.15, 0.2) is 66.3 Å². The van der Waals surface area contributed by atoms with Crippen LogP contribution in [0.2, 0.25) is 0 Å². The molecule has 3 saturated heterocycles. The number of piperidine rings is 3. The minimum atomic E-state index is -2.72. The minimum Gasteiger partial charge on any atom is -0.385 e. The molecule has 5 aliphatic rings. The number of hydrogen-bond donors (Lipinski definition) is 4. The first kappa shape index (κ1) is 45.4. The molecule has 0 radical (unpaired) electrons. The third-order valence-electron chi connectivity index (χ3n) is 14.1. The zero-order chi connectivity index (χ0) is 46.9. The van der Waals surface area contributed by atoms with Gasteiger partial charge in [-0.15, -0.1) is 0 Å². The number of halogens is 2. The molecule has 0 bridgehead atoms. The molecule has 4 aromatic rings. The van der Waals surface area contributed by atoms with Gasteiger partial charge in [0.05, 0.1) is 23.8 Å². The molecule has 3 fully saturated rings. The van der Waals surface area contributed by atoms with Crippen LogP contribution in [0.25, 0.3) is 22.0 Å². The molecule has 2 aromatic carbocycles. The average Bonchev–Trinajstić information content (AvgIpc) is 3.77. The Labute approximate surface area is 387 Å². The molecule has 1 unspecified atom stereocenters. The number of aromatic nitrogens is 3. The van der Waals surface area contributed by atoms with Crippen molar-refractivity contribution >= 4 is 57.6 Å². The lowest BCUT2D eigenvalue weighted by atomic mass is 9.91. The molecule has 5 aliphatic heterocycles. The van der Waals surface area contributed by atoms with E-state index in [1.54, 1.807) is 41.3 Å². The summed E-state index contributed by atoms with van der Waals surface area (Å²) in [5.74, 6) is -0.793. The number of carbonyl (C=O) groups is 5. The normalized spacial score (nSPS) is 19.7. The van der Waals surface area contributed by atoms with Crippen molar-refractivity contribution in [3.63, 3.8) is 0 Å². The Bertz CT molecular complexity index is 2650. The van der Waals surface area contributed by atoms with E-state index in [4.69, 9.17) is 0 Å². The largest absolute Gasteiger partial charge is 0.385 e. The van der Waals surface area contributed by atoms with E-state index in [1.165, 1.54) is 13.0 Å². The first-order valence-corrected chi connectivity index (χ1v) is 23.4. The molecule has 0 aliphatic carbocycles. The van der Waals surface area contributed by atoms with Crippen LogP contribution in [-0.4, -0.2) is 118 Å². The standard InChI is InChI=1S/C49H57F2N11O5/c1-29(63)61-22-15-39(38(28-61)47(52)62-17-4-5-31-24-36(32-26-54-58(2)27-32)37(46(50)51)25-42(31)62)55-33-13-20-60(21-14-33)44(65)23-30-11-18-59(19-12-30)41-9-7-35(45-34(41)6-3-16-53-45)48(66)56-40-8-10-43(64)57-49(40)67/h3,6-7,9,16,24-27,30,33,40,46,52,55H,4-5,8,10-15,17-23,28H2,1-2H3,(H,56,66)(H,57,64,67). The number of nitrogens with one attached hydrogen (secondary N) is 4. The maximum atomic E-state index is 14.6. The Morgan fingerprint density at radius 2 is 1.72 bits per heavy atom. The molecular weight excluding hydrogens is 861 g/mol. The number of fused-ring (bicyclic) bond motifs is 2. The van der Waals surface area contributed by atoms with Gasteiger partial charge in [0.25, 0.3) is 12.3 Å². The first-order chi connectivity index (χ1) is 32.3. The highest BCUT2D eigenvalue weighted by Gasteiger charge is 2.34. The zero-order valence-corrected chi connectivity index (χ0v) is 38.0. The van der Waals surface area contributed by atoms with Crippen molar-refractivity contribution in [1.29, 1.82) is 5.41 Å². The number of carbonyl (C=O) groups excluding carboxylic acids is 5. The number of benzene rings is 2. The number of anilines is 2. The summed E-state index contributed by atoms with van der Waals surface area (Å²) in [6.07, 6.45) is 8.21. The molecule has 0 saturated carbocycles. The van der Waals surface area contributed by atoms with Gasteiger partial charge in [-0.05, 0) is 98.4 Å². The number of likely N-dealkylation sites (tertiary alicyclic amines) is 1. The molecule has 9 rings (SSSR count). The van der Waals surface area contributed by atoms with Crippen molar-refractivity contribution < 1.29 is 32.8 Å². The molecule has 352 valence electrons. The Kier molecular flexibility index (Phi) is 13.1. The lowest BCUT2D eigenvalue weighted by Gasteiger charge is -2.39. The van der Waals surface area contributed by atoms with E-state index < -0.39 is 24.3 Å². The summed E-state index contributed by atoms with van der Waals surface area (Å²) in [7, 11) is 1.75. The minimum absolute atomic E-state index is 0.0642. The van der Waals surface area contributed by atoms with Crippen LogP contribution < -0.4 is 25.8 Å². The smallest absolute Gasteiger partial charge is 0.264 e. The Morgan fingerprint density at radius 1 is 0.925 bits per heavy atom. The highest BCUT2D eigenvalue weighted by molar-refractivity contribution is 6.11. The number of hydrogen-bond acceptors (Lipinski definition) is 10. The predicted molar refractivity (Wildman–Crippen MR) is 249 cm³/mol. The van der Waals surface area contributed by atoms with Crippen LogP contribution in [0.1, 0.15) is 92.6 Å². The number of amides is 5. The predicted octanol–water partition coefficient (Wildman–Crippen LogP) is 5.23. The van der Waals surface area contributed by atoms with Crippen LogP contribution in [-0.2, 0) is 32.6 Å². The van der Waals surface area contributed by atoms with E-state index in [9.17, 15) is 38.2 Å². The van der Waals surface area contributed by atoms with Gasteiger partial charge in [0, 0.05) is 130 Å². The summed E-state index contributed by atoms with van der Waals surface area (Å²) >= 11 is 0. The number of imide groups is 1. The fourth-order valence-electron chi connectivity index (χ4n) is 10.4. The van der Waals surface area contributed by atoms with E-state index >= 15 is 0 Å². The molecule has 16 nitrogen and oxygen atoms in total. The molecule has 1 atom stereocenters. The summed E-state index contributed by atoms with van der Waals surface area (Å²) in [4.78, 5) is 75.9. The zero-order valence-electron chi connectivity index (χ0n) is 38.0. The highest BCUT2D eigenvalue weighted by Crippen LogP contribution is 2.40. The van der Waals surface area contributed by atoms with Gasteiger partial charge in [0.15, 0.2) is 0 Å². The van der Waals surface area contributed by atoms with Gasteiger partial charge in [-0.25, -0.2) is 8.78 Å². The summed E-state index contributed by atoms with van der Waals surface area (Å²) in [6.45, 7) is 5.46. The molecule has 0 spiro atoms. The number of rotatable bonds is 10. The highest BCUT2D eigenvalue weighted by atomic mass is 19.3. The van der Waals surface area contributed by atoms with Crippen LogP contribution >= 0.6 is 0 Å². The summed E-state index contributed by atoms with van der Waals surface area (Å²) < 4.78 is 30.8. The van der Waals surface area contributed by atoms with Crippen LogP contribution in [0, 0.1) is 11.3 Å². The number of amidine groups is 1. The van der Waals surface area contributed by atoms with E-state index in [0.29, 0.717) is 78.9 Å². The number of pyridine rings is 1. The second-order valence-electron chi connectivity index (χ2n) is 18.5. The van der Waals surface area contributed by atoms with Gasteiger partial charge < -0.3 is 30.2 Å². The van der Waals surface area contributed by atoms with Gasteiger partial charge in [-0.1, -0.05) is 0 Å². The maximum absolute atomic E-state index is 14.6. The number of alkyl halides is 2. The van der Waals surface area contributed by atoms with Gasteiger partial charge in [-0.3, -0.25) is 44.4 Å². The molecular formula is C49H57F2N11O5. The first-order valence-electron chi connectivity index (χ1n) is 23.4. The Morgan fingerprint density at radius 3 is 2.43 bits per heavy atom.